The van der Waals surface area contributed by atoms with Crippen LogP contribution in [0.5, 0.6) is 0 Å². The summed E-state index contributed by atoms with van der Waals surface area (Å²) in [5.41, 5.74) is 0.0310. The maximum atomic E-state index is 6.07. The molecular weight excluding hydrogens is 160 g/mol. The van der Waals surface area contributed by atoms with Gasteiger partial charge in [-0.2, -0.15) is 0 Å². The summed E-state index contributed by atoms with van der Waals surface area (Å²) >= 11 is 0. The Morgan fingerprint density at radius 3 is 2.15 bits per heavy atom. The SMILES string of the molecule is CC[C@H](OC(C)(C)C)C1CCCC1. The van der Waals surface area contributed by atoms with E-state index in [9.17, 15) is 0 Å². The first kappa shape index (κ1) is 11.0. The van der Waals surface area contributed by atoms with E-state index in [4.69, 9.17) is 4.74 Å². The van der Waals surface area contributed by atoms with Gasteiger partial charge in [-0.1, -0.05) is 19.8 Å². The molecule has 0 aliphatic heterocycles. The monoisotopic (exact) mass is 184 g/mol. The lowest BCUT2D eigenvalue weighted by Gasteiger charge is -2.30. The summed E-state index contributed by atoms with van der Waals surface area (Å²) in [4.78, 5) is 0. The first-order valence-electron chi connectivity index (χ1n) is 5.71. The van der Waals surface area contributed by atoms with Gasteiger partial charge in [0.1, 0.15) is 0 Å². The average Bonchev–Trinajstić information content (AvgIpc) is 2.50. The van der Waals surface area contributed by atoms with Gasteiger partial charge in [-0.25, -0.2) is 0 Å². The first-order valence-corrected chi connectivity index (χ1v) is 5.71. The molecule has 0 aromatic rings. The smallest absolute Gasteiger partial charge is 0.0607 e. The zero-order valence-electron chi connectivity index (χ0n) is 9.60. The van der Waals surface area contributed by atoms with Crippen molar-refractivity contribution in [3.63, 3.8) is 0 Å². The molecule has 1 atom stereocenters. The van der Waals surface area contributed by atoms with Crippen LogP contribution in [0.2, 0.25) is 0 Å². The van der Waals surface area contributed by atoms with Gasteiger partial charge in [0.2, 0.25) is 0 Å². The summed E-state index contributed by atoms with van der Waals surface area (Å²) in [5.74, 6) is 0.837. The molecule has 1 fully saturated rings. The van der Waals surface area contributed by atoms with Crippen molar-refractivity contribution >= 4 is 0 Å². The average molecular weight is 184 g/mol. The molecule has 1 saturated carbocycles. The van der Waals surface area contributed by atoms with E-state index < -0.39 is 0 Å². The van der Waals surface area contributed by atoms with Crippen molar-refractivity contribution in [1.29, 1.82) is 0 Å². The molecule has 0 N–H and O–H groups in total. The summed E-state index contributed by atoms with van der Waals surface area (Å²) < 4.78 is 6.07. The number of hydrogen-bond donors (Lipinski definition) is 0. The van der Waals surface area contributed by atoms with Crippen molar-refractivity contribution in [1.82, 2.24) is 0 Å². The molecule has 1 rings (SSSR count). The summed E-state index contributed by atoms with van der Waals surface area (Å²) in [6.45, 7) is 8.72. The highest BCUT2D eigenvalue weighted by atomic mass is 16.5. The normalized spacial score (nSPS) is 22.2. The molecule has 0 heterocycles. The lowest BCUT2D eigenvalue weighted by Crippen LogP contribution is -2.31. The molecule has 1 nitrogen and oxygen atoms in total. The Kier molecular flexibility index (Phi) is 3.78. The van der Waals surface area contributed by atoms with Crippen LogP contribution in [0, 0.1) is 5.92 Å². The van der Waals surface area contributed by atoms with E-state index in [0.29, 0.717) is 6.10 Å². The molecule has 0 radical (unpaired) electrons. The van der Waals surface area contributed by atoms with Crippen LogP contribution in [0.3, 0.4) is 0 Å². The van der Waals surface area contributed by atoms with Crippen LogP contribution < -0.4 is 0 Å². The highest BCUT2D eigenvalue weighted by Crippen LogP contribution is 2.32. The summed E-state index contributed by atoms with van der Waals surface area (Å²) in [7, 11) is 0. The second-order valence-electron chi connectivity index (χ2n) is 5.22. The number of rotatable bonds is 3. The van der Waals surface area contributed by atoms with Crippen molar-refractivity contribution in [2.24, 2.45) is 5.92 Å². The molecule has 1 aliphatic rings. The predicted molar refractivity (Wildman–Crippen MR) is 56.9 cm³/mol. The minimum atomic E-state index is 0.0310. The van der Waals surface area contributed by atoms with Gasteiger partial charge in [0.15, 0.2) is 0 Å². The highest BCUT2D eigenvalue weighted by molar-refractivity contribution is 4.77. The molecule has 0 bridgehead atoms. The van der Waals surface area contributed by atoms with Gasteiger partial charge in [-0.15, -0.1) is 0 Å². The Hall–Kier alpha value is -0.0400. The van der Waals surface area contributed by atoms with Crippen LogP contribution in [0.1, 0.15) is 59.8 Å². The quantitative estimate of drug-likeness (QED) is 0.648. The zero-order valence-corrected chi connectivity index (χ0v) is 9.60. The second-order valence-corrected chi connectivity index (χ2v) is 5.22. The summed E-state index contributed by atoms with van der Waals surface area (Å²) in [5, 5.41) is 0. The fourth-order valence-corrected chi connectivity index (χ4v) is 2.30. The van der Waals surface area contributed by atoms with Crippen LogP contribution in [-0.4, -0.2) is 11.7 Å². The van der Waals surface area contributed by atoms with Gasteiger partial charge in [0, 0.05) is 0 Å². The van der Waals surface area contributed by atoms with E-state index in [1.54, 1.807) is 0 Å². The van der Waals surface area contributed by atoms with E-state index in [0.717, 1.165) is 5.92 Å². The zero-order chi connectivity index (χ0) is 9.90. The van der Waals surface area contributed by atoms with E-state index in [2.05, 4.69) is 27.7 Å². The molecule has 0 spiro atoms. The Morgan fingerprint density at radius 2 is 1.77 bits per heavy atom. The van der Waals surface area contributed by atoms with Gasteiger partial charge >= 0.3 is 0 Å². The maximum absolute atomic E-state index is 6.07. The lowest BCUT2D eigenvalue weighted by atomic mass is 9.98. The summed E-state index contributed by atoms with van der Waals surface area (Å²) in [6.07, 6.45) is 7.26. The van der Waals surface area contributed by atoms with Crippen molar-refractivity contribution in [3.05, 3.63) is 0 Å². The molecule has 0 unspecified atom stereocenters. The van der Waals surface area contributed by atoms with Gasteiger partial charge in [-0.05, 0) is 46.0 Å². The van der Waals surface area contributed by atoms with E-state index >= 15 is 0 Å². The van der Waals surface area contributed by atoms with Crippen molar-refractivity contribution in [2.45, 2.75) is 71.5 Å². The molecule has 0 amide bonds. The summed E-state index contributed by atoms with van der Waals surface area (Å²) in [6, 6.07) is 0. The first-order chi connectivity index (χ1) is 6.03. The standard InChI is InChI=1S/C12H24O/c1-5-11(13-12(2,3)4)10-8-6-7-9-10/h10-11H,5-9H2,1-4H3/t11-/m0/s1. The van der Waals surface area contributed by atoms with Crippen molar-refractivity contribution in [2.75, 3.05) is 0 Å². The fraction of sp³-hybridized carbons (Fsp3) is 1.00. The van der Waals surface area contributed by atoms with Crippen LogP contribution in [0.25, 0.3) is 0 Å². The van der Waals surface area contributed by atoms with Crippen LogP contribution in [0.15, 0.2) is 0 Å². The van der Waals surface area contributed by atoms with Gasteiger partial charge in [-0.3, -0.25) is 0 Å². The predicted octanol–water partition coefficient (Wildman–Crippen LogP) is 3.77. The Bertz CT molecular complexity index is 140. The third-order valence-corrected chi connectivity index (χ3v) is 2.83. The lowest BCUT2D eigenvalue weighted by molar-refractivity contribution is -0.0851. The molecule has 0 aromatic carbocycles. The molecule has 78 valence electrons. The maximum Gasteiger partial charge on any atom is 0.0607 e. The third-order valence-electron chi connectivity index (χ3n) is 2.83. The Labute approximate surface area is 82.9 Å². The van der Waals surface area contributed by atoms with Gasteiger partial charge < -0.3 is 4.74 Å². The minimum Gasteiger partial charge on any atom is -0.372 e. The Morgan fingerprint density at radius 1 is 1.23 bits per heavy atom. The topological polar surface area (TPSA) is 9.23 Å². The molecular formula is C12H24O. The molecule has 1 heteroatoms. The van der Waals surface area contributed by atoms with Gasteiger partial charge in [0.05, 0.1) is 11.7 Å². The molecule has 0 aromatic heterocycles. The van der Waals surface area contributed by atoms with Crippen molar-refractivity contribution < 1.29 is 4.74 Å². The van der Waals surface area contributed by atoms with Crippen LogP contribution in [0.4, 0.5) is 0 Å². The third kappa shape index (κ3) is 3.68. The number of ether oxygens (including phenoxy) is 1. The molecule has 1 aliphatic carbocycles. The van der Waals surface area contributed by atoms with Crippen molar-refractivity contribution in [3.8, 4) is 0 Å². The largest absolute Gasteiger partial charge is 0.372 e. The Balaban J connectivity index is 2.42. The fourth-order valence-electron chi connectivity index (χ4n) is 2.30. The second kappa shape index (κ2) is 4.45. The van der Waals surface area contributed by atoms with Crippen LogP contribution in [-0.2, 0) is 4.74 Å². The van der Waals surface area contributed by atoms with Crippen LogP contribution >= 0.6 is 0 Å². The van der Waals surface area contributed by atoms with E-state index in [-0.39, 0.29) is 5.60 Å². The minimum absolute atomic E-state index is 0.0310. The molecule has 13 heavy (non-hydrogen) atoms. The van der Waals surface area contributed by atoms with E-state index in [1.165, 1.54) is 32.1 Å². The highest BCUT2D eigenvalue weighted by Gasteiger charge is 2.27. The molecule has 0 saturated heterocycles. The number of hydrogen-bond acceptors (Lipinski definition) is 1. The van der Waals surface area contributed by atoms with E-state index in [1.807, 2.05) is 0 Å². The van der Waals surface area contributed by atoms with Gasteiger partial charge in [0.25, 0.3) is 0 Å².